The maximum Gasteiger partial charge on any atom is 0.138 e. The lowest BCUT2D eigenvalue weighted by Crippen LogP contribution is -2.22. The van der Waals surface area contributed by atoms with Crippen molar-refractivity contribution in [3.63, 3.8) is 0 Å². The summed E-state index contributed by atoms with van der Waals surface area (Å²) in [7, 11) is 1.65. The molecule has 1 fully saturated rings. The molecule has 1 rings (SSSR count). The molecule has 3 heteroatoms. The highest BCUT2D eigenvalue weighted by atomic mass is 16.5. The summed E-state index contributed by atoms with van der Waals surface area (Å²) in [6.45, 7) is 3.99. The van der Waals surface area contributed by atoms with Crippen molar-refractivity contribution in [3.8, 4) is 0 Å². The van der Waals surface area contributed by atoms with Gasteiger partial charge in [0.25, 0.3) is 0 Å². The Labute approximate surface area is 105 Å². The van der Waals surface area contributed by atoms with Gasteiger partial charge in [0.05, 0.1) is 19.8 Å². The Morgan fingerprint density at radius 2 is 1.82 bits per heavy atom. The predicted molar refractivity (Wildman–Crippen MR) is 68.1 cm³/mol. The Morgan fingerprint density at radius 1 is 1.12 bits per heavy atom. The van der Waals surface area contributed by atoms with E-state index in [1.807, 2.05) is 0 Å². The van der Waals surface area contributed by atoms with Gasteiger partial charge in [0.2, 0.25) is 0 Å². The van der Waals surface area contributed by atoms with Crippen molar-refractivity contribution < 1.29 is 14.3 Å². The molecule has 0 N–H and O–H groups in total. The van der Waals surface area contributed by atoms with Gasteiger partial charge in [-0.25, -0.2) is 0 Å². The van der Waals surface area contributed by atoms with E-state index in [1.54, 1.807) is 7.11 Å². The Hall–Kier alpha value is -0.410. The van der Waals surface area contributed by atoms with Crippen LogP contribution in [0.25, 0.3) is 0 Å². The van der Waals surface area contributed by atoms with E-state index >= 15 is 0 Å². The molecule has 0 bridgehead atoms. The molecule has 1 aliphatic rings. The van der Waals surface area contributed by atoms with Crippen molar-refractivity contribution in [2.75, 3.05) is 26.9 Å². The zero-order chi connectivity index (χ0) is 12.5. The van der Waals surface area contributed by atoms with Gasteiger partial charge in [0.15, 0.2) is 0 Å². The molecule has 1 aliphatic carbocycles. The van der Waals surface area contributed by atoms with Gasteiger partial charge in [-0.05, 0) is 31.6 Å². The third-order valence-corrected chi connectivity index (χ3v) is 3.80. The first-order valence-electron chi connectivity index (χ1n) is 6.87. The minimum Gasteiger partial charge on any atom is -0.382 e. The fourth-order valence-corrected chi connectivity index (χ4v) is 2.51. The van der Waals surface area contributed by atoms with Crippen molar-refractivity contribution >= 4 is 5.78 Å². The fraction of sp³-hybridized carbons (Fsp3) is 0.929. The molecule has 0 spiro atoms. The van der Waals surface area contributed by atoms with Crippen LogP contribution < -0.4 is 0 Å². The number of hydrogen-bond donors (Lipinski definition) is 0. The van der Waals surface area contributed by atoms with Gasteiger partial charge in [0.1, 0.15) is 5.78 Å². The maximum absolute atomic E-state index is 11.9. The largest absolute Gasteiger partial charge is 0.382 e. The summed E-state index contributed by atoms with van der Waals surface area (Å²) in [5.41, 5.74) is 0. The van der Waals surface area contributed by atoms with Crippen LogP contribution >= 0.6 is 0 Å². The molecular weight excluding hydrogens is 216 g/mol. The first-order valence-corrected chi connectivity index (χ1v) is 6.87. The first kappa shape index (κ1) is 14.7. The molecular formula is C14H26O3. The second kappa shape index (κ2) is 8.65. The Balaban J connectivity index is 2.08. The third kappa shape index (κ3) is 5.64. The third-order valence-electron chi connectivity index (χ3n) is 3.80. The molecule has 0 aliphatic heterocycles. The molecule has 0 unspecified atom stereocenters. The van der Waals surface area contributed by atoms with Crippen LogP contribution in [-0.2, 0) is 14.3 Å². The molecule has 0 heterocycles. The summed E-state index contributed by atoms with van der Waals surface area (Å²) in [4.78, 5) is 11.9. The summed E-state index contributed by atoms with van der Waals surface area (Å²) < 4.78 is 10.2. The number of rotatable bonds is 8. The van der Waals surface area contributed by atoms with E-state index in [1.165, 1.54) is 19.3 Å². The van der Waals surface area contributed by atoms with E-state index in [0.717, 1.165) is 18.8 Å². The topological polar surface area (TPSA) is 35.5 Å². The van der Waals surface area contributed by atoms with Crippen molar-refractivity contribution in [2.45, 2.75) is 45.4 Å². The molecule has 0 atom stereocenters. The van der Waals surface area contributed by atoms with Crippen molar-refractivity contribution in [3.05, 3.63) is 0 Å². The quantitative estimate of drug-likeness (QED) is 0.614. The number of ketones is 1. The van der Waals surface area contributed by atoms with Crippen LogP contribution in [0.5, 0.6) is 0 Å². The minimum absolute atomic E-state index is 0.309. The maximum atomic E-state index is 11.9. The summed E-state index contributed by atoms with van der Waals surface area (Å²) in [6.07, 6.45) is 6.49. The monoisotopic (exact) mass is 242 g/mol. The van der Waals surface area contributed by atoms with Gasteiger partial charge in [0, 0.05) is 19.4 Å². The summed E-state index contributed by atoms with van der Waals surface area (Å²) in [5, 5.41) is 0. The SMILES string of the molecule is CCC1CCC(C(=O)CCOCCOC)CC1. The van der Waals surface area contributed by atoms with E-state index < -0.39 is 0 Å². The fourth-order valence-electron chi connectivity index (χ4n) is 2.51. The summed E-state index contributed by atoms with van der Waals surface area (Å²) >= 11 is 0. The lowest BCUT2D eigenvalue weighted by Gasteiger charge is -2.26. The highest BCUT2D eigenvalue weighted by Crippen LogP contribution is 2.31. The molecule has 0 saturated heterocycles. The van der Waals surface area contributed by atoms with Crippen molar-refractivity contribution in [1.82, 2.24) is 0 Å². The normalized spacial score (nSPS) is 24.8. The Kier molecular flexibility index (Phi) is 7.45. The zero-order valence-electron chi connectivity index (χ0n) is 11.2. The van der Waals surface area contributed by atoms with Crippen LogP contribution in [0.15, 0.2) is 0 Å². The van der Waals surface area contributed by atoms with Crippen molar-refractivity contribution in [2.24, 2.45) is 11.8 Å². The van der Waals surface area contributed by atoms with Crippen molar-refractivity contribution in [1.29, 1.82) is 0 Å². The van der Waals surface area contributed by atoms with Gasteiger partial charge in [-0.3, -0.25) is 4.79 Å². The van der Waals surface area contributed by atoms with Crippen LogP contribution in [0.2, 0.25) is 0 Å². The number of methoxy groups -OCH3 is 1. The van der Waals surface area contributed by atoms with E-state index in [2.05, 4.69) is 6.92 Å². The number of ether oxygens (including phenoxy) is 2. The Morgan fingerprint density at radius 3 is 2.41 bits per heavy atom. The lowest BCUT2D eigenvalue weighted by molar-refractivity contribution is -0.125. The molecule has 0 aromatic carbocycles. The molecule has 0 radical (unpaired) electrons. The number of hydrogen-bond acceptors (Lipinski definition) is 3. The number of carbonyl (C=O) groups is 1. The van der Waals surface area contributed by atoms with E-state index in [-0.39, 0.29) is 0 Å². The lowest BCUT2D eigenvalue weighted by atomic mass is 9.78. The van der Waals surface area contributed by atoms with Crippen LogP contribution in [0, 0.1) is 11.8 Å². The number of carbonyl (C=O) groups excluding carboxylic acids is 1. The van der Waals surface area contributed by atoms with Crippen LogP contribution in [0.4, 0.5) is 0 Å². The van der Waals surface area contributed by atoms with Crippen LogP contribution in [-0.4, -0.2) is 32.7 Å². The predicted octanol–water partition coefficient (Wildman–Crippen LogP) is 2.83. The van der Waals surface area contributed by atoms with Gasteiger partial charge in [-0.1, -0.05) is 13.3 Å². The highest BCUT2D eigenvalue weighted by molar-refractivity contribution is 5.81. The second-order valence-electron chi connectivity index (χ2n) is 4.95. The van der Waals surface area contributed by atoms with E-state index in [4.69, 9.17) is 9.47 Å². The Bertz CT molecular complexity index is 208. The van der Waals surface area contributed by atoms with Gasteiger partial charge < -0.3 is 9.47 Å². The van der Waals surface area contributed by atoms with Crippen LogP contribution in [0.3, 0.4) is 0 Å². The minimum atomic E-state index is 0.309. The zero-order valence-corrected chi connectivity index (χ0v) is 11.2. The standard InChI is InChI=1S/C14H26O3/c1-3-12-4-6-13(7-5-12)14(15)8-9-17-11-10-16-2/h12-13H,3-11H2,1-2H3. The molecule has 0 aromatic heterocycles. The smallest absolute Gasteiger partial charge is 0.138 e. The highest BCUT2D eigenvalue weighted by Gasteiger charge is 2.24. The van der Waals surface area contributed by atoms with Gasteiger partial charge in [-0.2, -0.15) is 0 Å². The number of Topliss-reactive ketones (excluding diaryl/α,β-unsaturated/α-hetero) is 1. The van der Waals surface area contributed by atoms with Gasteiger partial charge in [-0.15, -0.1) is 0 Å². The summed E-state index contributed by atoms with van der Waals surface area (Å²) in [5.74, 6) is 1.57. The van der Waals surface area contributed by atoms with Crippen LogP contribution in [0.1, 0.15) is 45.4 Å². The average Bonchev–Trinajstić information content (AvgIpc) is 2.38. The molecule has 0 amide bonds. The van der Waals surface area contributed by atoms with E-state index in [0.29, 0.717) is 37.9 Å². The second-order valence-corrected chi connectivity index (χ2v) is 4.95. The molecule has 100 valence electrons. The average molecular weight is 242 g/mol. The molecule has 17 heavy (non-hydrogen) atoms. The summed E-state index contributed by atoms with van der Waals surface area (Å²) in [6, 6.07) is 0. The van der Waals surface area contributed by atoms with E-state index in [9.17, 15) is 4.79 Å². The molecule has 0 aromatic rings. The molecule has 3 nitrogen and oxygen atoms in total. The molecule has 1 saturated carbocycles. The van der Waals surface area contributed by atoms with Gasteiger partial charge >= 0.3 is 0 Å². The first-order chi connectivity index (χ1) is 8.27.